The van der Waals surface area contributed by atoms with Gasteiger partial charge in [0.2, 0.25) is 0 Å². The lowest BCUT2D eigenvalue weighted by molar-refractivity contribution is 0.219. The molecule has 1 aromatic rings. The molecular formula is C12H19O3P. The molecule has 1 aromatic carbocycles. The van der Waals surface area contributed by atoms with Crippen molar-refractivity contribution in [3.63, 3.8) is 0 Å². The maximum absolute atomic E-state index is 12.2. The molecule has 0 saturated carbocycles. The van der Waals surface area contributed by atoms with Crippen LogP contribution in [-0.2, 0) is 19.8 Å². The van der Waals surface area contributed by atoms with Gasteiger partial charge in [-0.2, -0.15) is 0 Å². The first kappa shape index (κ1) is 13.4. The molecule has 0 aliphatic heterocycles. The van der Waals surface area contributed by atoms with E-state index in [1.807, 2.05) is 45.0 Å². The molecule has 0 unspecified atom stereocenters. The molecule has 0 fully saturated rings. The average Bonchev–Trinajstić information content (AvgIpc) is 2.22. The Balaban J connectivity index is 2.75. The monoisotopic (exact) mass is 242 g/mol. The molecule has 90 valence electrons. The van der Waals surface area contributed by atoms with E-state index in [1.54, 1.807) is 0 Å². The highest BCUT2D eigenvalue weighted by Gasteiger charge is 2.23. The first-order valence-corrected chi connectivity index (χ1v) is 7.26. The molecule has 0 amide bonds. The zero-order chi connectivity index (χ0) is 12.0. The molecule has 0 aliphatic rings. The third kappa shape index (κ3) is 4.09. The summed E-state index contributed by atoms with van der Waals surface area (Å²) in [5, 5.41) is 0. The second-order valence-electron chi connectivity index (χ2n) is 3.59. The lowest BCUT2D eigenvalue weighted by Gasteiger charge is -2.16. The van der Waals surface area contributed by atoms with Crippen molar-refractivity contribution in [2.75, 3.05) is 13.2 Å². The SMILES string of the molecule is CCOP(=O)(Cc1ccc(C)cc1)OCC. The topological polar surface area (TPSA) is 35.5 Å². The standard InChI is InChI=1S/C12H19O3P/c1-4-14-16(13,15-5-2)10-12-8-6-11(3)7-9-12/h6-9H,4-5,10H2,1-3H3. The highest BCUT2D eigenvalue weighted by atomic mass is 31.2. The van der Waals surface area contributed by atoms with Crippen molar-refractivity contribution in [1.82, 2.24) is 0 Å². The van der Waals surface area contributed by atoms with Crippen molar-refractivity contribution in [2.45, 2.75) is 26.9 Å². The Bertz CT molecular complexity index is 349. The van der Waals surface area contributed by atoms with Crippen LogP contribution >= 0.6 is 7.60 Å². The Labute approximate surface area is 97.3 Å². The summed E-state index contributed by atoms with van der Waals surface area (Å²) in [4.78, 5) is 0. The number of hydrogen-bond acceptors (Lipinski definition) is 3. The minimum absolute atomic E-state index is 0.342. The minimum Gasteiger partial charge on any atom is -0.309 e. The summed E-state index contributed by atoms with van der Waals surface area (Å²) in [6.45, 7) is 6.47. The Hall–Kier alpha value is -0.630. The van der Waals surface area contributed by atoms with Gasteiger partial charge in [-0.25, -0.2) is 0 Å². The van der Waals surface area contributed by atoms with Gasteiger partial charge < -0.3 is 9.05 Å². The van der Waals surface area contributed by atoms with Gasteiger partial charge >= 0.3 is 7.60 Å². The molecule has 1 rings (SSSR count). The van der Waals surface area contributed by atoms with Gasteiger partial charge in [-0.05, 0) is 26.3 Å². The molecular weight excluding hydrogens is 223 g/mol. The van der Waals surface area contributed by atoms with Gasteiger partial charge in [-0.1, -0.05) is 29.8 Å². The first-order chi connectivity index (χ1) is 7.59. The van der Waals surface area contributed by atoms with Crippen LogP contribution in [-0.4, -0.2) is 13.2 Å². The van der Waals surface area contributed by atoms with Gasteiger partial charge in [0, 0.05) is 0 Å². The van der Waals surface area contributed by atoms with Gasteiger partial charge in [-0.15, -0.1) is 0 Å². The predicted molar refractivity (Wildman–Crippen MR) is 65.7 cm³/mol. The first-order valence-electron chi connectivity index (χ1n) is 5.53. The second kappa shape index (κ2) is 6.19. The van der Waals surface area contributed by atoms with Crippen molar-refractivity contribution >= 4 is 7.60 Å². The van der Waals surface area contributed by atoms with Crippen LogP contribution in [0.4, 0.5) is 0 Å². The van der Waals surface area contributed by atoms with E-state index in [0.717, 1.165) is 5.56 Å². The lowest BCUT2D eigenvalue weighted by atomic mass is 10.2. The van der Waals surface area contributed by atoms with Crippen LogP contribution in [0.3, 0.4) is 0 Å². The Morgan fingerprint density at radius 1 is 1.06 bits per heavy atom. The molecule has 0 aliphatic carbocycles. The zero-order valence-electron chi connectivity index (χ0n) is 10.1. The summed E-state index contributed by atoms with van der Waals surface area (Å²) in [7, 11) is -2.96. The van der Waals surface area contributed by atoms with Gasteiger partial charge in [-0.3, -0.25) is 4.57 Å². The fraction of sp³-hybridized carbons (Fsp3) is 0.500. The van der Waals surface area contributed by atoms with Gasteiger partial charge in [0.15, 0.2) is 0 Å². The quantitative estimate of drug-likeness (QED) is 0.712. The van der Waals surface area contributed by atoms with E-state index in [9.17, 15) is 4.57 Å². The largest absolute Gasteiger partial charge is 0.335 e. The highest BCUT2D eigenvalue weighted by Crippen LogP contribution is 2.51. The van der Waals surface area contributed by atoms with E-state index in [2.05, 4.69) is 0 Å². The molecule has 0 atom stereocenters. The molecule has 4 heteroatoms. The summed E-state index contributed by atoms with van der Waals surface area (Å²) in [5.41, 5.74) is 2.17. The van der Waals surface area contributed by atoms with Crippen LogP contribution < -0.4 is 0 Å². The number of rotatable bonds is 6. The van der Waals surface area contributed by atoms with E-state index in [0.29, 0.717) is 19.4 Å². The maximum Gasteiger partial charge on any atom is 0.335 e. The number of benzene rings is 1. The fourth-order valence-electron chi connectivity index (χ4n) is 1.44. The summed E-state index contributed by atoms with van der Waals surface area (Å²) in [6.07, 6.45) is 0.342. The van der Waals surface area contributed by atoms with Crippen molar-refractivity contribution in [3.8, 4) is 0 Å². The van der Waals surface area contributed by atoms with Crippen LogP contribution in [0.2, 0.25) is 0 Å². The summed E-state index contributed by atoms with van der Waals surface area (Å²) in [5.74, 6) is 0. The zero-order valence-corrected chi connectivity index (χ0v) is 11.0. The maximum atomic E-state index is 12.2. The Morgan fingerprint density at radius 2 is 1.56 bits per heavy atom. The third-order valence-electron chi connectivity index (χ3n) is 2.15. The molecule has 0 spiro atoms. The van der Waals surface area contributed by atoms with Crippen molar-refractivity contribution < 1.29 is 13.6 Å². The molecule has 0 aromatic heterocycles. The van der Waals surface area contributed by atoms with Gasteiger partial charge in [0.05, 0.1) is 19.4 Å². The van der Waals surface area contributed by atoms with Crippen LogP contribution in [0.5, 0.6) is 0 Å². The van der Waals surface area contributed by atoms with Crippen LogP contribution in [0.15, 0.2) is 24.3 Å². The molecule has 16 heavy (non-hydrogen) atoms. The van der Waals surface area contributed by atoms with Crippen LogP contribution in [0, 0.1) is 6.92 Å². The molecule has 0 saturated heterocycles. The van der Waals surface area contributed by atoms with E-state index in [-0.39, 0.29) is 0 Å². The van der Waals surface area contributed by atoms with E-state index < -0.39 is 7.60 Å². The van der Waals surface area contributed by atoms with Gasteiger partial charge in [0.25, 0.3) is 0 Å². The van der Waals surface area contributed by atoms with E-state index in [1.165, 1.54) is 5.56 Å². The summed E-state index contributed by atoms with van der Waals surface area (Å²) in [6, 6.07) is 7.91. The Kier molecular flexibility index (Phi) is 5.20. The van der Waals surface area contributed by atoms with Crippen LogP contribution in [0.1, 0.15) is 25.0 Å². The predicted octanol–water partition coefficient (Wildman–Crippen LogP) is 3.76. The fourth-order valence-corrected chi connectivity index (χ4v) is 3.14. The third-order valence-corrected chi connectivity index (χ3v) is 4.20. The Morgan fingerprint density at radius 3 is 2.00 bits per heavy atom. The van der Waals surface area contributed by atoms with Crippen LogP contribution in [0.25, 0.3) is 0 Å². The van der Waals surface area contributed by atoms with Crippen molar-refractivity contribution in [2.24, 2.45) is 0 Å². The van der Waals surface area contributed by atoms with Crippen molar-refractivity contribution in [1.29, 1.82) is 0 Å². The second-order valence-corrected chi connectivity index (χ2v) is 5.64. The summed E-state index contributed by atoms with van der Waals surface area (Å²) >= 11 is 0. The smallest absolute Gasteiger partial charge is 0.309 e. The lowest BCUT2D eigenvalue weighted by Crippen LogP contribution is -1.99. The normalized spacial score (nSPS) is 11.7. The van der Waals surface area contributed by atoms with E-state index >= 15 is 0 Å². The van der Waals surface area contributed by atoms with Crippen molar-refractivity contribution in [3.05, 3.63) is 35.4 Å². The number of aryl methyl sites for hydroxylation is 1. The molecule has 0 heterocycles. The average molecular weight is 242 g/mol. The molecule has 0 N–H and O–H groups in total. The summed E-state index contributed by atoms with van der Waals surface area (Å²) < 4.78 is 22.7. The minimum atomic E-state index is -2.96. The molecule has 3 nitrogen and oxygen atoms in total. The van der Waals surface area contributed by atoms with Gasteiger partial charge in [0.1, 0.15) is 0 Å². The van der Waals surface area contributed by atoms with E-state index in [4.69, 9.17) is 9.05 Å². The molecule has 0 radical (unpaired) electrons. The highest BCUT2D eigenvalue weighted by molar-refractivity contribution is 7.53. The molecule has 0 bridgehead atoms. The number of hydrogen-bond donors (Lipinski definition) is 0.